The summed E-state index contributed by atoms with van der Waals surface area (Å²) in [7, 11) is 0. The third kappa shape index (κ3) is 6.02. The number of hydrogen-bond acceptors (Lipinski definition) is 3. The van der Waals surface area contributed by atoms with Crippen molar-refractivity contribution in [2.24, 2.45) is 0 Å². The van der Waals surface area contributed by atoms with Crippen LogP contribution >= 0.6 is 0 Å². The average molecular weight is 188 g/mol. The largest absolute Gasteiger partial charge is 0.390 e. The highest BCUT2D eigenvalue weighted by Gasteiger charge is 2.09. The molecule has 0 aliphatic heterocycles. The maximum atomic E-state index is 11.6. The molecule has 0 fully saturated rings. The van der Waals surface area contributed by atoms with E-state index in [1.807, 2.05) is 0 Å². The second-order valence-corrected chi connectivity index (χ2v) is 2.69. The third-order valence-corrected chi connectivity index (χ3v) is 1.32. The molecular formula is C9H13FO3. The van der Waals surface area contributed by atoms with Crippen LogP contribution in [0.25, 0.3) is 0 Å². The van der Waals surface area contributed by atoms with Crippen LogP contribution in [0.15, 0.2) is 12.2 Å². The molecule has 0 aliphatic rings. The van der Waals surface area contributed by atoms with Gasteiger partial charge in [-0.1, -0.05) is 6.58 Å². The molecule has 0 spiro atoms. The smallest absolute Gasteiger partial charge is 0.340 e. The topological polar surface area (TPSA) is 43.4 Å². The van der Waals surface area contributed by atoms with Gasteiger partial charge in [-0.05, 0) is 19.8 Å². The van der Waals surface area contributed by atoms with Crippen LogP contribution in [-0.2, 0) is 14.3 Å². The number of alkyl halides is 1. The predicted octanol–water partition coefficient (Wildman–Crippen LogP) is 1.77. The third-order valence-electron chi connectivity index (χ3n) is 1.32. The number of carbonyl (C=O) groups is 2. The van der Waals surface area contributed by atoms with Crippen molar-refractivity contribution < 1.29 is 18.7 Å². The molecule has 0 bridgehead atoms. The Balaban J connectivity index is 3.62. The van der Waals surface area contributed by atoms with E-state index < -0.39 is 18.6 Å². The lowest BCUT2D eigenvalue weighted by molar-refractivity contribution is -0.156. The number of halogens is 1. The van der Waals surface area contributed by atoms with Crippen LogP contribution in [0.4, 0.5) is 4.39 Å². The molecule has 0 saturated heterocycles. The Hall–Kier alpha value is -1.19. The minimum absolute atomic E-state index is 0.0724. The number of carbonyl (C=O) groups excluding carboxylic acids is 2. The van der Waals surface area contributed by atoms with Crippen molar-refractivity contribution in [1.82, 2.24) is 0 Å². The van der Waals surface area contributed by atoms with E-state index in [9.17, 15) is 14.0 Å². The quantitative estimate of drug-likeness (QED) is 0.286. The number of ether oxygens (including phenoxy) is 1. The molecular weight excluding hydrogens is 175 g/mol. The maximum Gasteiger partial charge on any atom is 0.340 e. The fourth-order valence-electron chi connectivity index (χ4n) is 0.605. The van der Waals surface area contributed by atoms with E-state index in [0.717, 1.165) is 0 Å². The van der Waals surface area contributed by atoms with Gasteiger partial charge < -0.3 is 4.74 Å². The molecule has 4 heteroatoms. The molecule has 0 rings (SSSR count). The molecule has 0 radical (unpaired) electrons. The zero-order valence-electron chi connectivity index (χ0n) is 7.64. The van der Waals surface area contributed by atoms with E-state index >= 15 is 0 Å². The van der Waals surface area contributed by atoms with Gasteiger partial charge in [0, 0.05) is 12.0 Å². The lowest BCUT2D eigenvalue weighted by Crippen LogP contribution is -2.12. The summed E-state index contributed by atoms with van der Waals surface area (Å²) in [5.74, 6) is -1.34. The summed E-state index contributed by atoms with van der Waals surface area (Å²) in [6.07, 6.45) is 0.790. The number of hydrogen-bond donors (Lipinski definition) is 0. The molecule has 0 heterocycles. The highest BCUT2D eigenvalue weighted by molar-refractivity contribution is 5.95. The number of esters is 2. The van der Waals surface area contributed by atoms with E-state index in [4.69, 9.17) is 0 Å². The highest BCUT2D eigenvalue weighted by Crippen LogP contribution is 2.00. The van der Waals surface area contributed by atoms with E-state index in [1.165, 1.54) is 6.92 Å². The van der Waals surface area contributed by atoms with Crippen LogP contribution < -0.4 is 0 Å². The van der Waals surface area contributed by atoms with E-state index in [1.54, 1.807) is 0 Å². The molecule has 0 aromatic heterocycles. The highest BCUT2D eigenvalue weighted by atomic mass is 19.1. The lowest BCUT2D eigenvalue weighted by Gasteiger charge is -2.00. The van der Waals surface area contributed by atoms with Crippen LogP contribution in [0, 0.1) is 0 Å². The van der Waals surface area contributed by atoms with Gasteiger partial charge >= 0.3 is 11.9 Å². The van der Waals surface area contributed by atoms with Gasteiger partial charge in [0.05, 0.1) is 6.67 Å². The Labute approximate surface area is 76.6 Å². The summed E-state index contributed by atoms with van der Waals surface area (Å²) in [5.41, 5.74) is 0.179. The molecule has 0 aromatic rings. The number of unbranched alkanes of at least 4 members (excludes halogenated alkanes) is 1. The van der Waals surface area contributed by atoms with Gasteiger partial charge in [-0.2, -0.15) is 0 Å². The Morgan fingerprint density at radius 3 is 2.46 bits per heavy atom. The first-order valence-electron chi connectivity index (χ1n) is 4.04. The van der Waals surface area contributed by atoms with Crippen molar-refractivity contribution in [3.8, 4) is 0 Å². The van der Waals surface area contributed by atoms with Crippen molar-refractivity contribution in [1.29, 1.82) is 0 Å². The lowest BCUT2D eigenvalue weighted by atomic mass is 10.2. The SMILES string of the molecule is C=C(C)C(=O)OC(=O)CCCCF. The van der Waals surface area contributed by atoms with Gasteiger partial charge in [-0.3, -0.25) is 9.18 Å². The molecule has 3 nitrogen and oxygen atoms in total. The summed E-state index contributed by atoms with van der Waals surface area (Å²) >= 11 is 0. The first kappa shape index (κ1) is 11.8. The molecule has 0 saturated carbocycles. The first-order valence-corrected chi connectivity index (χ1v) is 4.04. The average Bonchev–Trinajstić information content (AvgIpc) is 2.04. The Bertz CT molecular complexity index is 211. The van der Waals surface area contributed by atoms with Gasteiger partial charge in [0.25, 0.3) is 0 Å². The van der Waals surface area contributed by atoms with Crippen LogP contribution in [0.3, 0.4) is 0 Å². The van der Waals surface area contributed by atoms with E-state index in [0.29, 0.717) is 12.8 Å². The monoisotopic (exact) mass is 188 g/mol. The van der Waals surface area contributed by atoms with Crippen LogP contribution in [-0.4, -0.2) is 18.6 Å². The predicted molar refractivity (Wildman–Crippen MR) is 45.7 cm³/mol. The molecule has 0 aliphatic carbocycles. The van der Waals surface area contributed by atoms with Crippen LogP contribution in [0.1, 0.15) is 26.2 Å². The fraction of sp³-hybridized carbons (Fsp3) is 0.556. The standard InChI is InChI=1S/C9H13FO3/c1-7(2)9(12)13-8(11)5-3-4-6-10/h1,3-6H2,2H3. The van der Waals surface area contributed by atoms with Gasteiger partial charge in [0.2, 0.25) is 0 Å². The zero-order chi connectivity index (χ0) is 10.3. The molecule has 0 atom stereocenters. The first-order chi connectivity index (χ1) is 6.07. The van der Waals surface area contributed by atoms with Crippen molar-refractivity contribution in [3.63, 3.8) is 0 Å². The van der Waals surface area contributed by atoms with Crippen LogP contribution in [0.2, 0.25) is 0 Å². The Kier molecular flexibility index (Phi) is 5.76. The molecule has 13 heavy (non-hydrogen) atoms. The van der Waals surface area contributed by atoms with E-state index in [-0.39, 0.29) is 12.0 Å². The summed E-state index contributed by atoms with van der Waals surface area (Å²) < 4.78 is 16.0. The van der Waals surface area contributed by atoms with Crippen molar-refractivity contribution >= 4 is 11.9 Å². The summed E-state index contributed by atoms with van der Waals surface area (Å²) in [5, 5.41) is 0. The van der Waals surface area contributed by atoms with E-state index in [2.05, 4.69) is 11.3 Å². The minimum atomic E-state index is -0.717. The van der Waals surface area contributed by atoms with Gasteiger partial charge in [-0.15, -0.1) is 0 Å². The molecule has 74 valence electrons. The van der Waals surface area contributed by atoms with Crippen molar-refractivity contribution in [2.45, 2.75) is 26.2 Å². The van der Waals surface area contributed by atoms with Gasteiger partial charge in [0.1, 0.15) is 0 Å². The Morgan fingerprint density at radius 2 is 2.00 bits per heavy atom. The number of rotatable bonds is 5. The zero-order valence-corrected chi connectivity index (χ0v) is 7.64. The maximum absolute atomic E-state index is 11.6. The van der Waals surface area contributed by atoms with Gasteiger partial charge in [0.15, 0.2) is 0 Å². The summed E-state index contributed by atoms with van der Waals surface area (Å²) in [6, 6.07) is 0. The summed E-state index contributed by atoms with van der Waals surface area (Å²) in [6.45, 7) is 4.32. The fourth-order valence-corrected chi connectivity index (χ4v) is 0.605. The normalized spacial score (nSPS) is 9.38. The van der Waals surface area contributed by atoms with Crippen LogP contribution in [0.5, 0.6) is 0 Å². The molecule has 0 N–H and O–H groups in total. The Morgan fingerprint density at radius 1 is 1.38 bits per heavy atom. The van der Waals surface area contributed by atoms with Crippen molar-refractivity contribution in [2.75, 3.05) is 6.67 Å². The molecule has 0 unspecified atom stereocenters. The summed E-state index contributed by atoms with van der Waals surface area (Å²) in [4.78, 5) is 21.6. The second kappa shape index (κ2) is 6.34. The molecule has 0 amide bonds. The second-order valence-electron chi connectivity index (χ2n) is 2.69. The van der Waals surface area contributed by atoms with Gasteiger partial charge in [-0.25, -0.2) is 4.79 Å². The minimum Gasteiger partial charge on any atom is -0.390 e. The molecule has 0 aromatic carbocycles. The van der Waals surface area contributed by atoms with Crippen molar-refractivity contribution in [3.05, 3.63) is 12.2 Å².